The Kier molecular flexibility index (Phi) is 6.01. The van der Waals surface area contributed by atoms with Crippen LogP contribution in [0.25, 0.3) is 0 Å². The average Bonchev–Trinajstić information content (AvgIpc) is 2.35. The van der Waals surface area contributed by atoms with Crippen LogP contribution in [0.3, 0.4) is 0 Å². The summed E-state index contributed by atoms with van der Waals surface area (Å²) in [4.78, 5) is 22.5. The second-order valence-corrected chi connectivity index (χ2v) is 4.75. The van der Waals surface area contributed by atoms with E-state index in [-0.39, 0.29) is 23.3 Å². The number of halogens is 4. The molecule has 2 N–H and O–H groups in total. The minimum Gasteiger partial charge on any atom is -0.465 e. The third-order valence-electron chi connectivity index (χ3n) is 2.18. The van der Waals surface area contributed by atoms with E-state index in [9.17, 15) is 22.8 Å². The Bertz CT molecular complexity index is 535. The number of anilines is 1. The maximum absolute atomic E-state index is 12.6. The zero-order valence-electron chi connectivity index (χ0n) is 10.9. The van der Waals surface area contributed by atoms with Gasteiger partial charge in [0.05, 0.1) is 12.2 Å². The second kappa shape index (κ2) is 7.30. The SMILES string of the molecule is CCOC(=O)CNC(=O)Nc1cc(Br)cc(C(F)(F)F)c1. The van der Waals surface area contributed by atoms with Gasteiger partial charge in [-0.2, -0.15) is 13.2 Å². The second-order valence-electron chi connectivity index (χ2n) is 3.84. The first kappa shape index (κ1) is 17.3. The lowest BCUT2D eigenvalue weighted by Crippen LogP contribution is -2.34. The Morgan fingerprint density at radius 2 is 1.95 bits per heavy atom. The molecule has 0 aliphatic carbocycles. The molecule has 1 aromatic carbocycles. The van der Waals surface area contributed by atoms with Gasteiger partial charge < -0.3 is 15.4 Å². The quantitative estimate of drug-likeness (QED) is 0.802. The maximum Gasteiger partial charge on any atom is 0.416 e. The van der Waals surface area contributed by atoms with Crippen LogP contribution in [0.15, 0.2) is 22.7 Å². The smallest absolute Gasteiger partial charge is 0.416 e. The van der Waals surface area contributed by atoms with Crippen LogP contribution >= 0.6 is 15.9 Å². The molecule has 0 atom stereocenters. The third-order valence-corrected chi connectivity index (χ3v) is 2.64. The molecule has 116 valence electrons. The van der Waals surface area contributed by atoms with E-state index in [0.717, 1.165) is 12.1 Å². The van der Waals surface area contributed by atoms with Crippen molar-refractivity contribution < 1.29 is 27.5 Å². The van der Waals surface area contributed by atoms with Crippen LogP contribution < -0.4 is 10.6 Å². The summed E-state index contributed by atoms with van der Waals surface area (Å²) in [5.74, 6) is -0.641. The molecule has 0 aromatic heterocycles. The van der Waals surface area contributed by atoms with E-state index in [1.54, 1.807) is 6.92 Å². The number of nitrogens with one attached hydrogen (secondary N) is 2. The number of ether oxygens (including phenoxy) is 1. The number of urea groups is 1. The third kappa shape index (κ3) is 6.03. The van der Waals surface area contributed by atoms with Gasteiger partial charge in [-0.1, -0.05) is 15.9 Å². The fraction of sp³-hybridized carbons (Fsp3) is 0.333. The van der Waals surface area contributed by atoms with Gasteiger partial charge >= 0.3 is 18.2 Å². The largest absolute Gasteiger partial charge is 0.465 e. The Morgan fingerprint density at radius 1 is 1.29 bits per heavy atom. The van der Waals surface area contributed by atoms with Crippen molar-refractivity contribution in [3.63, 3.8) is 0 Å². The van der Waals surface area contributed by atoms with Crippen molar-refractivity contribution in [2.45, 2.75) is 13.1 Å². The van der Waals surface area contributed by atoms with E-state index >= 15 is 0 Å². The first-order chi connectivity index (χ1) is 9.72. The molecule has 1 aromatic rings. The molecule has 5 nitrogen and oxygen atoms in total. The van der Waals surface area contributed by atoms with Crippen LogP contribution in [0.4, 0.5) is 23.7 Å². The lowest BCUT2D eigenvalue weighted by molar-refractivity contribution is -0.141. The molecule has 2 amide bonds. The summed E-state index contributed by atoms with van der Waals surface area (Å²) < 4.78 is 42.6. The fourth-order valence-electron chi connectivity index (χ4n) is 1.37. The topological polar surface area (TPSA) is 67.4 Å². The van der Waals surface area contributed by atoms with E-state index in [0.29, 0.717) is 0 Å². The van der Waals surface area contributed by atoms with Gasteiger partial charge in [0.25, 0.3) is 0 Å². The zero-order valence-corrected chi connectivity index (χ0v) is 12.5. The number of esters is 1. The number of alkyl halides is 3. The van der Waals surface area contributed by atoms with E-state index in [2.05, 4.69) is 31.3 Å². The van der Waals surface area contributed by atoms with Crippen molar-refractivity contribution >= 4 is 33.6 Å². The van der Waals surface area contributed by atoms with Gasteiger partial charge in [-0.3, -0.25) is 4.79 Å². The predicted octanol–water partition coefficient (Wildman–Crippen LogP) is 3.15. The predicted molar refractivity (Wildman–Crippen MR) is 72.8 cm³/mol. The highest BCUT2D eigenvalue weighted by molar-refractivity contribution is 9.10. The van der Waals surface area contributed by atoms with Gasteiger partial charge in [0, 0.05) is 10.2 Å². The molecule has 0 radical (unpaired) electrons. The van der Waals surface area contributed by atoms with Gasteiger partial charge in [0.2, 0.25) is 0 Å². The molecule has 0 bridgehead atoms. The highest BCUT2D eigenvalue weighted by Crippen LogP contribution is 2.33. The molecule has 0 aliphatic heterocycles. The number of hydrogen-bond acceptors (Lipinski definition) is 3. The molecule has 0 heterocycles. The lowest BCUT2D eigenvalue weighted by Gasteiger charge is -2.11. The molecular weight excluding hydrogens is 357 g/mol. The summed E-state index contributed by atoms with van der Waals surface area (Å²) in [6.07, 6.45) is -4.53. The van der Waals surface area contributed by atoms with E-state index in [4.69, 9.17) is 0 Å². The fourth-order valence-corrected chi connectivity index (χ4v) is 1.86. The standard InChI is InChI=1S/C12H12BrF3N2O3/c1-2-21-10(19)6-17-11(20)18-9-4-7(12(14,15)16)3-8(13)5-9/h3-5H,2,6H2,1H3,(H2,17,18,20). The minimum atomic E-state index is -4.53. The van der Waals surface area contributed by atoms with Crippen molar-refractivity contribution in [2.24, 2.45) is 0 Å². The van der Waals surface area contributed by atoms with Crippen LogP contribution in [-0.2, 0) is 15.7 Å². The number of rotatable bonds is 4. The number of carbonyl (C=O) groups excluding carboxylic acids is 2. The molecular formula is C12H12BrF3N2O3. The van der Waals surface area contributed by atoms with Crippen LogP contribution in [0.1, 0.15) is 12.5 Å². The molecule has 21 heavy (non-hydrogen) atoms. The molecule has 0 spiro atoms. The Morgan fingerprint density at radius 3 is 2.52 bits per heavy atom. The average molecular weight is 369 g/mol. The van der Waals surface area contributed by atoms with Crippen molar-refractivity contribution in [1.82, 2.24) is 5.32 Å². The summed E-state index contributed by atoms with van der Waals surface area (Å²) in [5.41, 5.74) is -0.962. The molecule has 9 heteroatoms. The summed E-state index contributed by atoms with van der Waals surface area (Å²) in [6, 6.07) is 2.17. The van der Waals surface area contributed by atoms with Gasteiger partial charge in [-0.25, -0.2) is 4.79 Å². The van der Waals surface area contributed by atoms with Crippen molar-refractivity contribution in [3.05, 3.63) is 28.2 Å². The van der Waals surface area contributed by atoms with Gasteiger partial charge in [0.1, 0.15) is 6.54 Å². The highest BCUT2D eigenvalue weighted by atomic mass is 79.9. The first-order valence-corrected chi connectivity index (χ1v) is 6.60. The van der Waals surface area contributed by atoms with Crippen LogP contribution in [0, 0.1) is 0 Å². The normalized spacial score (nSPS) is 10.9. The van der Waals surface area contributed by atoms with Crippen LogP contribution in [0.5, 0.6) is 0 Å². The minimum absolute atomic E-state index is 0.0574. The molecule has 0 fully saturated rings. The van der Waals surface area contributed by atoms with Gasteiger partial charge in [-0.15, -0.1) is 0 Å². The monoisotopic (exact) mass is 368 g/mol. The van der Waals surface area contributed by atoms with E-state index in [1.165, 1.54) is 6.07 Å². The van der Waals surface area contributed by atoms with Crippen molar-refractivity contribution in [2.75, 3.05) is 18.5 Å². The van der Waals surface area contributed by atoms with Gasteiger partial charge in [-0.05, 0) is 25.1 Å². The lowest BCUT2D eigenvalue weighted by atomic mass is 10.2. The summed E-state index contributed by atoms with van der Waals surface area (Å²) in [5, 5.41) is 4.38. The van der Waals surface area contributed by atoms with Crippen LogP contribution in [0.2, 0.25) is 0 Å². The summed E-state index contributed by atoms with van der Waals surface area (Å²) >= 11 is 2.93. The number of hydrogen-bond donors (Lipinski definition) is 2. The summed E-state index contributed by atoms with van der Waals surface area (Å²) in [6.45, 7) is 1.40. The summed E-state index contributed by atoms with van der Waals surface area (Å²) in [7, 11) is 0. The Hall–Kier alpha value is -1.77. The maximum atomic E-state index is 12.6. The van der Waals surface area contributed by atoms with Crippen molar-refractivity contribution in [3.8, 4) is 0 Å². The number of carbonyl (C=O) groups is 2. The highest BCUT2D eigenvalue weighted by Gasteiger charge is 2.31. The molecule has 1 rings (SSSR count). The van der Waals surface area contributed by atoms with Gasteiger partial charge in [0.15, 0.2) is 0 Å². The van der Waals surface area contributed by atoms with Crippen molar-refractivity contribution in [1.29, 1.82) is 0 Å². The van der Waals surface area contributed by atoms with E-state index < -0.39 is 23.7 Å². The first-order valence-electron chi connectivity index (χ1n) is 5.80. The number of benzene rings is 1. The molecule has 0 aliphatic rings. The molecule has 0 saturated heterocycles. The number of amides is 2. The molecule has 0 saturated carbocycles. The van der Waals surface area contributed by atoms with E-state index in [1.807, 2.05) is 0 Å². The Labute approximate surface area is 127 Å². The zero-order chi connectivity index (χ0) is 16.0. The van der Waals surface area contributed by atoms with Crippen LogP contribution in [-0.4, -0.2) is 25.2 Å². The molecule has 0 unspecified atom stereocenters. The Balaban J connectivity index is 2.68.